The number of benzene rings is 1. The number of carbonyl (C=O) groups excluding carboxylic acids is 1. The standard InChI is InChI=1S/C7H4ClN2O4/c8-6-2-1-4(10(13)14)3-5(6)7(11)9-12/h1-3H,(H-,9,11,12)/q-1. The van der Waals surface area contributed by atoms with E-state index in [1.165, 1.54) is 6.07 Å². The minimum absolute atomic E-state index is 0.0102. The Bertz CT molecular complexity index is 393. The summed E-state index contributed by atoms with van der Waals surface area (Å²) in [4.78, 5) is 20.5. The van der Waals surface area contributed by atoms with Crippen molar-refractivity contribution >= 4 is 23.2 Å². The monoisotopic (exact) mass is 215 g/mol. The summed E-state index contributed by atoms with van der Waals surface area (Å²) < 4.78 is 0. The van der Waals surface area contributed by atoms with Crippen LogP contribution in [0.25, 0.3) is 0 Å². The number of hydrogen-bond acceptors (Lipinski definition) is 4. The Morgan fingerprint density at radius 3 is 2.64 bits per heavy atom. The minimum Gasteiger partial charge on any atom is -0.759 e. The normalized spacial score (nSPS) is 9.57. The highest BCUT2D eigenvalue weighted by Crippen LogP contribution is 2.21. The van der Waals surface area contributed by atoms with E-state index in [0.717, 1.165) is 17.6 Å². The van der Waals surface area contributed by atoms with Crippen LogP contribution in [0.3, 0.4) is 0 Å². The summed E-state index contributed by atoms with van der Waals surface area (Å²) in [5.74, 6) is -1.00. The van der Waals surface area contributed by atoms with Crippen molar-refractivity contribution in [1.29, 1.82) is 0 Å². The highest BCUT2D eigenvalue weighted by Gasteiger charge is 2.13. The van der Waals surface area contributed by atoms with E-state index in [-0.39, 0.29) is 16.3 Å². The van der Waals surface area contributed by atoms with E-state index in [1.54, 1.807) is 0 Å². The Morgan fingerprint density at radius 1 is 1.50 bits per heavy atom. The van der Waals surface area contributed by atoms with Crippen LogP contribution in [-0.2, 0) is 0 Å². The predicted octanol–water partition coefficient (Wildman–Crippen LogP) is 1.48. The largest absolute Gasteiger partial charge is 0.759 e. The third-order valence-electron chi connectivity index (χ3n) is 1.50. The van der Waals surface area contributed by atoms with Gasteiger partial charge < -0.3 is 10.7 Å². The molecular weight excluding hydrogens is 212 g/mol. The van der Waals surface area contributed by atoms with Gasteiger partial charge in [-0.3, -0.25) is 14.9 Å². The van der Waals surface area contributed by atoms with Crippen molar-refractivity contribution in [2.24, 2.45) is 0 Å². The van der Waals surface area contributed by atoms with E-state index in [1.807, 2.05) is 0 Å². The number of carbonyl (C=O) groups is 1. The first kappa shape index (κ1) is 10.4. The topological polar surface area (TPSA) is 95.3 Å². The van der Waals surface area contributed by atoms with E-state index in [9.17, 15) is 20.1 Å². The molecule has 0 atom stereocenters. The lowest BCUT2D eigenvalue weighted by Gasteiger charge is -2.08. The zero-order valence-electron chi connectivity index (χ0n) is 6.69. The first-order chi connectivity index (χ1) is 6.56. The van der Waals surface area contributed by atoms with Gasteiger partial charge >= 0.3 is 0 Å². The molecule has 0 spiro atoms. The van der Waals surface area contributed by atoms with Crippen LogP contribution in [0.2, 0.25) is 5.02 Å². The quantitative estimate of drug-likeness (QED) is 0.597. The summed E-state index contributed by atoms with van der Waals surface area (Å²) in [6.07, 6.45) is 0. The second-order valence-corrected chi connectivity index (χ2v) is 2.76. The summed E-state index contributed by atoms with van der Waals surface area (Å²) in [7, 11) is 0. The number of hydroxylamine groups is 1. The number of hydrogen-bond donors (Lipinski definition) is 1. The van der Waals surface area contributed by atoms with Crippen LogP contribution in [0.4, 0.5) is 5.69 Å². The summed E-state index contributed by atoms with van der Waals surface area (Å²) >= 11 is 5.55. The number of nitrogens with one attached hydrogen (secondary N) is 1. The van der Waals surface area contributed by atoms with Crippen LogP contribution in [0, 0.1) is 15.3 Å². The van der Waals surface area contributed by atoms with Crippen LogP contribution in [-0.4, -0.2) is 10.8 Å². The van der Waals surface area contributed by atoms with E-state index in [0.29, 0.717) is 0 Å². The molecule has 1 rings (SSSR count). The van der Waals surface area contributed by atoms with Gasteiger partial charge in [-0.05, 0) is 6.07 Å². The van der Waals surface area contributed by atoms with Crippen molar-refractivity contribution < 1.29 is 9.72 Å². The van der Waals surface area contributed by atoms with E-state index in [2.05, 4.69) is 0 Å². The average molecular weight is 216 g/mol. The van der Waals surface area contributed by atoms with Crippen molar-refractivity contribution in [1.82, 2.24) is 5.48 Å². The Kier molecular flexibility index (Phi) is 3.00. The van der Waals surface area contributed by atoms with Gasteiger partial charge in [-0.25, -0.2) is 0 Å². The first-order valence-corrected chi connectivity index (χ1v) is 3.80. The molecule has 7 heteroatoms. The number of amides is 1. The second kappa shape index (κ2) is 4.03. The maximum Gasteiger partial charge on any atom is 0.270 e. The molecule has 0 aromatic heterocycles. The lowest BCUT2D eigenvalue weighted by molar-refractivity contribution is -0.384. The molecular formula is C7H4ClN2O4-. The fourth-order valence-corrected chi connectivity index (χ4v) is 1.06. The smallest absolute Gasteiger partial charge is 0.270 e. The van der Waals surface area contributed by atoms with E-state index in [4.69, 9.17) is 11.6 Å². The molecule has 0 fully saturated rings. The molecule has 0 unspecified atom stereocenters. The van der Waals surface area contributed by atoms with E-state index < -0.39 is 10.8 Å². The van der Waals surface area contributed by atoms with Gasteiger partial charge in [0.25, 0.3) is 5.69 Å². The number of nitro benzene ring substituents is 1. The van der Waals surface area contributed by atoms with Gasteiger partial charge in [0, 0.05) is 12.1 Å². The van der Waals surface area contributed by atoms with Crippen LogP contribution >= 0.6 is 11.6 Å². The van der Waals surface area contributed by atoms with Gasteiger partial charge in [-0.15, -0.1) is 0 Å². The van der Waals surface area contributed by atoms with Crippen molar-refractivity contribution in [2.45, 2.75) is 0 Å². The van der Waals surface area contributed by atoms with Crippen LogP contribution in [0.1, 0.15) is 10.4 Å². The Hall–Kier alpha value is -1.66. The molecule has 1 N–H and O–H groups in total. The second-order valence-electron chi connectivity index (χ2n) is 2.35. The zero-order valence-corrected chi connectivity index (χ0v) is 7.45. The third-order valence-corrected chi connectivity index (χ3v) is 1.83. The minimum atomic E-state index is -1.00. The van der Waals surface area contributed by atoms with Crippen molar-refractivity contribution in [3.8, 4) is 0 Å². The van der Waals surface area contributed by atoms with Crippen LogP contribution in [0.5, 0.6) is 0 Å². The number of rotatable bonds is 2. The molecule has 0 aliphatic carbocycles. The fourth-order valence-electron chi connectivity index (χ4n) is 0.856. The summed E-state index contributed by atoms with van der Waals surface area (Å²) in [6.45, 7) is 0. The fraction of sp³-hybridized carbons (Fsp3) is 0. The van der Waals surface area contributed by atoms with Gasteiger partial charge in [0.2, 0.25) is 5.91 Å². The van der Waals surface area contributed by atoms with Crippen molar-refractivity contribution in [3.05, 3.63) is 44.1 Å². The van der Waals surface area contributed by atoms with Gasteiger partial charge in [-0.2, -0.15) is 0 Å². The Morgan fingerprint density at radius 2 is 2.14 bits per heavy atom. The third kappa shape index (κ3) is 1.98. The summed E-state index contributed by atoms with van der Waals surface area (Å²) in [6, 6.07) is 3.27. The van der Waals surface area contributed by atoms with Gasteiger partial charge in [0.05, 0.1) is 15.5 Å². The number of halogens is 1. The molecule has 6 nitrogen and oxygen atoms in total. The maximum atomic E-state index is 10.9. The zero-order chi connectivity index (χ0) is 10.7. The van der Waals surface area contributed by atoms with Gasteiger partial charge in [0.15, 0.2) is 0 Å². The van der Waals surface area contributed by atoms with Crippen LogP contribution in [0.15, 0.2) is 18.2 Å². The van der Waals surface area contributed by atoms with E-state index >= 15 is 0 Å². The number of nitro groups is 1. The van der Waals surface area contributed by atoms with Gasteiger partial charge in [-0.1, -0.05) is 11.6 Å². The molecule has 1 amide bonds. The molecule has 0 saturated carbocycles. The number of non-ortho nitro benzene ring substituents is 1. The van der Waals surface area contributed by atoms with Crippen molar-refractivity contribution in [2.75, 3.05) is 0 Å². The molecule has 1 aromatic carbocycles. The highest BCUT2D eigenvalue weighted by molar-refractivity contribution is 6.33. The summed E-state index contributed by atoms with van der Waals surface area (Å²) in [5.41, 5.74) is 0.582. The molecule has 74 valence electrons. The van der Waals surface area contributed by atoms with Crippen LogP contribution < -0.4 is 5.48 Å². The first-order valence-electron chi connectivity index (χ1n) is 3.42. The number of nitrogens with zero attached hydrogens (tertiary/aromatic N) is 1. The highest BCUT2D eigenvalue weighted by atomic mass is 35.5. The molecule has 1 aromatic rings. The Labute approximate surface area is 83.2 Å². The molecule has 0 radical (unpaired) electrons. The lowest BCUT2D eigenvalue weighted by atomic mass is 10.2. The van der Waals surface area contributed by atoms with Gasteiger partial charge in [0.1, 0.15) is 0 Å². The average Bonchev–Trinajstić information content (AvgIpc) is 2.17. The molecule has 0 aliphatic heterocycles. The Balaban J connectivity index is 3.21. The summed E-state index contributed by atoms with van der Waals surface area (Å²) in [5, 5.41) is 20.4. The maximum absolute atomic E-state index is 10.9. The molecule has 0 bridgehead atoms. The molecule has 0 aliphatic rings. The molecule has 0 heterocycles. The SMILES string of the molecule is O=C(N[O-])c1cc([N+](=O)[O-])ccc1Cl. The lowest BCUT2D eigenvalue weighted by Crippen LogP contribution is -2.16. The van der Waals surface area contributed by atoms with Crippen molar-refractivity contribution in [3.63, 3.8) is 0 Å². The molecule has 0 saturated heterocycles. The predicted molar refractivity (Wildman–Crippen MR) is 48.9 cm³/mol. The molecule has 14 heavy (non-hydrogen) atoms.